The van der Waals surface area contributed by atoms with Crippen molar-refractivity contribution in [1.82, 2.24) is 4.98 Å². The molecule has 0 saturated heterocycles. The van der Waals surface area contributed by atoms with E-state index in [0.717, 1.165) is 12.1 Å². The smallest absolute Gasteiger partial charge is 0.289 e. The lowest BCUT2D eigenvalue weighted by molar-refractivity contribution is -0.137. The van der Waals surface area contributed by atoms with Crippen molar-refractivity contribution < 1.29 is 22.8 Å². The summed E-state index contributed by atoms with van der Waals surface area (Å²) in [5.74, 6) is -0.702. The number of nitrogens with zero attached hydrogens (tertiary/aromatic N) is 2. The van der Waals surface area contributed by atoms with Crippen molar-refractivity contribution in [1.29, 1.82) is 0 Å². The standard InChI is InChI=1S/C17H15F3N2O2S/c1-3-22(11(2)23)16-21-14(10-25-16)7-8-15(24)12-5-4-6-13(9-12)17(18,19)20/h4-10H,3H2,1-2H3/b8-7+. The lowest BCUT2D eigenvalue weighted by atomic mass is 10.1. The van der Waals surface area contributed by atoms with Crippen LogP contribution in [-0.2, 0) is 11.0 Å². The number of thiazole rings is 1. The zero-order valence-corrected chi connectivity index (χ0v) is 14.3. The van der Waals surface area contributed by atoms with E-state index in [1.165, 1.54) is 47.4 Å². The fourth-order valence-corrected chi connectivity index (χ4v) is 2.98. The van der Waals surface area contributed by atoms with Crippen molar-refractivity contribution in [2.24, 2.45) is 0 Å². The van der Waals surface area contributed by atoms with E-state index in [2.05, 4.69) is 4.98 Å². The Kier molecular flexibility index (Phi) is 5.73. The van der Waals surface area contributed by atoms with Crippen LogP contribution in [0.15, 0.2) is 35.7 Å². The van der Waals surface area contributed by atoms with Gasteiger partial charge in [-0.3, -0.25) is 14.5 Å². The third kappa shape index (κ3) is 4.76. The predicted molar refractivity (Wildman–Crippen MR) is 90.6 cm³/mol. The summed E-state index contributed by atoms with van der Waals surface area (Å²) in [5.41, 5.74) is -0.469. The quantitative estimate of drug-likeness (QED) is 0.579. The summed E-state index contributed by atoms with van der Waals surface area (Å²) < 4.78 is 38.1. The number of carbonyl (C=O) groups excluding carboxylic acids is 2. The molecule has 25 heavy (non-hydrogen) atoms. The molecule has 0 fully saturated rings. The second-order valence-corrected chi connectivity index (χ2v) is 5.93. The third-order valence-corrected chi connectivity index (χ3v) is 4.20. The van der Waals surface area contributed by atoms with E-state index in [1.807, 2.05) is 6.92 Å². The van der Waals surface area contributed by atoms with Gasteiger partial charge < -0.3 is 0 Å². The molecule has 0 saturated carbocycles. The van der Waals surface area contributed by atoms with Crippen LogP contribution in [0.3, 0.4) is 0 Å². The average molecular weight is 368 g/mol. The fourth-order valence-electron chi connectivity index (χ4n) is 2.08. The second kappa shape index (κ2) is 7.60. The van der Waals surface area contributed by atoms with Crippen LogP contribution in [0.25, 0.3) is 6.08 Å². The first-order valence-electron chi connectivity index (χ1n) is 7.35. The van der Waals surface area contributed by atoms with Gasteiger partial charge in [0.2, 0.25) is 5.91 Å². The zero-order chi connectivity index (χ0) is 18.6. The van der Waals surface area contributed by atoms with Gasteiger partial charge >= 0.3 is 6.18 Å². The van der Waals surface area contributed by atoms with E-state index in [4.69, 9.17) is 0 Å². The topological polar surface area (TPSA) is 50.3 Å². The molecular weight excluding hydrogens is 353 g/mol. The molecule has 2 aromatic rings. The Balaban J connectivity index is 2.16. The van der Waals surface area contributed by atoms with Gasteiger partial charge in [0.15, 0.2) is 10.9 Å². The van der Waals surface area contributed by atoms with Gasteiger partial charge in [-0.05, 0) is 31.2 Å². The van der Waals surface area contributed by atoms with E-state index >= 15 is 0 Å². The number of benzene rings is 1. The predicted octanol–water partition coefficient (Wildman–Crippen LogP) is 4.43. The number of halogens is 3. The summed E-state index contributed by atoms with van der Waals surface area (Å²) in [6, 6.07) is 4.24. The molecule has 0 aliphatic rings. The van der Waals surface area contributed by atoms with Gasteiger partial charge in [-0.15, -0.1) is 11.3 Å². The normalized spacial score (nSPS) is 11.7. The second-order valence-electron chi connectivity index (χ2n) is 5.09. The minimum absolute atomic E-state index is 0.0551. The molecule has 0 N–H and O–H groups in total. The molecule has 0 atom stereocenters. The Morgan fingerprint density at radius 3 is 2.64 bits per heavy atom. The monoisotopic (exact) mass is 368 g/mol. The molecule has 8 heteroatoms. The molecule has 4 nitrogen and oxygen atoms in total. The van der Waals surface area contributed by atoms with Gasteiger partial charge in [-0.25, -0.2) is 4.98 Å². The lowest BCUT2D eigenvalue weighted by Crippen LogP contribution is -2.27. The number of hydrogen-bond donors (Lipinski definition) is 0. The van der Waals surface area contributed by atoms with Gasteiger partial charge in [0.1, 0.15) is 0 Å². The van der Waals surface area contributed by atoms with Crippen molar-refractivity contribution in [3.8, 4) is 0 Å². The first kappa shape index (κ1) is 18.9. The van der Waals surface area contributed by atoms with Gasteiger partial charge in [0.05, 0.1) is 11.3 Å². The van der Waals surface area contributed by atoms with E-state index in [1.54, 1.807) is 5.38 Å². The number of hydrogen-bond acceptors (Lipinski definition) is 4. The maximum atomic E-state index is 12.7. The highest BCUT2D eigenvalue weighted by Crippen LogP contribution is 2.29. The summed E-state index contributed by atoms with van der Waals surface area (Å²) in [5, 5.41) is 2.16. The minimum atomic E-state index is -4.50. The molecular formula is C17H15F3N2O2S. The first-order chi connectivity index (χ1) is 11.7. The third-order valence-electron chi connectivity index (χ3n) is 3.32. The zero-order valence-electron chi connectivity index (χ0n) is 13.5. The molecule has 2 rings (SSSR count). The van der Waals surface area contributed by atoms with Crippen LogP contribution >= 0.6 is 11.3 Å². The Morgan fingerprint density at radius 2 is 2.04 bits per heavy atom. The maximum Gasteiger partial charge on any atom is 0.416 e. The molecule has 132 valence electrons. The van der Waals surface area contributed by atoms with Crippen LogP contribution in [0.1, 0.15) is 35.5 Å². The SMILES string of the molecule is CCN(C(C)=O)c1nc(/C=C/C(=O)c2cccc(C(F)(F)F)c2)cs1. The molecule has 0 bridgehead atoms. The van der Waals surface area contributed by atoms with Gasteiger partial charge in [0, 0.05) is 24.4 Å². The highest BCUT2D eigenvalue weighted by Gasteiger charge is 2.30. The highest BCUT2D eigenvalue weighted by molar-refractivity contribution is 7.14. The molecule has 0 aliphatic carbocycles. The van der Waals surface area contributed by atoms with E-state index in [9.17, 15) is 22.8 Å². The summed E-state index contributed by atoms with van der Waals surface area (Å²) in [7, 11) is 0. The number of carbonyl (C=O) groups is 2. The molecule has 0 spiro atoms. The van der Waals surface area contributed by atoms with E-state index in [-0.39, 0.29) is 11.5 Å². The van der Waals surface area contributed by atoms with E-state index in [0.29, 0.717) is 17.4 Å². The van der Waals surface area contributed by atoms with Crippen molar-refractivity contribution in [3.05, 3.63) is 52.5 Å². The Labute approximate surface area is 146 Å². The summed E-state index contributed by atoms with van der Waals surface area (Å²) in [6.07, 6.45) is -1.92. The molecule has 1 aromatic carbocycles. The first-order valence-corrected chi connectivity index (χ1v) is 8.23. The molecule has 0 unspecified atom stereocenters. The van der Waals surface area contributed by atoms with Gasteiger partial charge in [-0.1, -0.05) is 12.1 Å². The van der Waals surface area contributed by atoms with Crippen LogP contribution in [0.2, 0.25) is 0 Å². The molecule has 1 aromatic heterocycles. The number of ketones is 1. The van der Waals surface area contributed by atoms with Crippen LogP contribution in [0, 0.1) is 0 Å². The Morgan fingerprint density at radius 1 is 1.32 bits per heavy atom. The van der Waals surface area contributed by atoms with Crippen LogP contribution < -0.4 is 4.90 Å². The minimum Gasteiger partial charge on any atom is -0.289 e. The Hall–Kier alpha value is -2.48. The summed E-state index contributed by atoms with van der Waals surface area (Å²) in [4.78, 5) is 29.2. The van der Waals surface area contributed by atoms with Gasteiger partial charge in [-0.2, -0.15) is 13.2 Å². The molecule has 0 radical (unpaired) electrons. The number of anilines is 1. The van der Waals surface area contributed by atoms with Crippen molar-refractivity contribution >= 4 is 34.2 Å². The van der Waals surface area contributed by atoms with Gasteiger partial charge in [0.25, 0.3) is 0 Å². The highest BCUT2D eigenvalue weighted by atomic mass is 32.1. The number of amides is 1. The maximum absolute atomic E-state index is 12.7. The molecule has 1 heterocycles. The summed E-state index contributed by atoms with van der Waals surface area (Å²) in [6.45, 7) is 3.71. The average Bonchev–Trinajstić information content (AvgIpc) is 3.01. The van der Waals surface area contributed by atoms with Crippen LogP contribution in [-0.4, -0.2) is 23.2 Å². The van der Waals surface area contributed by atoms with Crippen molar-refractivity contribution in [2.45, 2.75) is 20.0 Å². The molecule has 0 aliphatic heterocycles. The lowest BCUT2D eigenvalue weighted by Gasteiger charge is -2.14. The van der Waals surface area contributed by atoms with Crippen LogP contribution in [0.4, 0.5) is 18.3 Å². The number of alkyl halides is 3. The van der Waals surface area contributed by atoms with Crippen molar-refractivity contribution in [3.63, 3.8) is 0 Å². The van der Waals surface area contributed by atoms with Crippen LogP contribution in [0.5, 0.6) is 0 Å². The molecule has 1 amide bonds. The largest absolute Gasteiger partial charge is 0.416 e. The Bertz CT molecular complexity index is 812. The number of aromatic nitrogens is 1. The van der Waals surface area contributed by atoms with E-state index < -0.39 is 17.5 Å². The fraction of sp³-hybridized carbons (Fsp3) is 0.235. The number of rotatable bonds is 5. The summed E-state index contributed by atoms with van der Waals surface area (Å²) >= 11 is 1.25. The number of allylic oxidation sites excluding steroid dienone is 1. The van der Waals surface area contributed by atoms with Crippen molar-refractivity contribution in [2.75, 3.05) is 11.4 Å².